The van der Waals surface area contributed by atoms with Crippen LogP contribution in [0.15, 0.2) is 24.3 Å². The molecular weight excluding hydrogens is 306 g/mol. The number of nitrogens with two attached hydrogens (primary N) is 1. The van der Waals surface area contributed by atoms with E-state index in [4.69, 9.17) is 10.5 Å². The van der Waals surface area contributed by atoms with E-state index in [0.717, 1.165) is 37.1 Å². The van der Waals surface area contributed by atoms with Gasteiger partial charge in [-0.2, -0.15) is 0 Å². The van der Waals surface area contributed by atoms with Gasteiger partial charge in [-0.05, 0) is 44.2 Å². The minimum Gasteiger partial charge on any atom is -0.493 e. The van der Waals surface area contributed by atoms with Gasteiger partial charge >= 0.3 is 6.03 Å². The van der Waals surface area contributed by atoms with Gasteiger partial charge < -0.3 is 20.7 Å². The zero-order valence-corrected chi connectivity index (χ0v) is 14.3. The average Bonchev–Trinajstić information content (AvgIpc) is 2.58. The van der Waals surface area contributed by atoms with Crippen LogP contribution >= 0.6 is 0 Å². The Morgan fingerprint density at radius 1 is 1.33 bits per heavy atom. The number of carbonyl (C=O) groups is 2. The van der Waals surface area contributed by atoms with Crippen molar-refractivity contribution in [2.75, 3.05) is 19.7 Å². The Labute approximate surface area is 143 Å². The lowest BCUT2D eigenvalue weighted by atomic mass is 10.0. The Hall–Kier alpha value is -2.24. The molecule has 0 aromatic heterocycles. The molecule has 3 N–H and O–H groups in total. The number of ether oxygens (including phenoxy) is 1. The molecule has 1 aromatic carbocycles. The van der Waals surface area contributed by atoms with Crippen molar-refractivity contribution in [1.82, 2.24) is 10.2 Å². The molecule has 1 atom stereocenters. The number of nitrogens with one attached hydrogen (secondary N) is 1. The van der Waals surface area contributed by atoms with Crippen LogP contribution in [-0.2, 0) is 4.79 Å². The molecule has 132 valence electrons. The molecule has 1 aromatic rings. The molecule has 1 aliphatic rings. The second-order valence-corrected chi connectivity index (χ2v) is 6.20. The van der Waals surface area contributed by atoms with E-state index in [9.17, 15) is 9.59 Å². The highest BCUT2D eigenvalue weighted by Crippen LogP contribution is 2.19. The second kappa shape index (κ2) is 9.15. The lowest BCUT2D eigenvalue weighted by Crippen LogP contribution is -2.50. The average molecular weight is 333 g/mol. The first kappa shape index (κ1) is 18.1. The van der Waals surface area contributed by atoms with Crippen molar-refractivity contribution >= 4 is 11.9 Å². The molecule has 1 fully saturated rings. The molecule has 2 rings (SSSR count). The van der Waals surface area contributed by atoms with E-state index in [1.807, 2.05) is 36.1 Å². The highest BCUT2D eigenvalue weighted by Gasteiger charge is 2.26. The lowest BCUT2D eigenvalue weighted by Gasteiger charge is -2.36. The number of aryl methyl sites for hydroxylation is 1. The monoisotopic (exact) mass is 333 g/mol. The van der Waals surface area contributed by atoms with Crippen molar-refractivity contribution in [1.29, 1.82) is 0 Å². The summed E-state index contributed by atoms with van der Waals surface area (Å²) in [6, 6.07) is 7.37. The maximum atomic E-state index is 12.5. The van der Waals surface area contributed by atoms with Crippen molar-refractivity contribution in [3.63, 3.8) is 0 Å². The smallest absolute Gasteiger partial charge is 0.312 e. The lowest BCUT2D eigenvalue weighted by molar-refractivity contribution is -0.135. The van der Waals surface area contributed by atoms with Crippen molar-refractivity contribution in [3.8, 4) is 5.75 Å². The van der Waals surface area contributed by atoms with Gasteiger partial charge in [-0.15, -0.1) is 0 Å². The van der Waals surface area contributed by atoms with Gasteiger partial charge in [0, 0.05) is 25.6 Å². The number of piperidine rings is 1. The maximum absolute atomic E-state index is 12.5. The number of primary amides is 1. The third-order valence-electron chi connectivity index (χ3n) is 4.35. The van der Waals surface area contributed by atoms with Gasteiger partial charge in [-0.25, -0.2) is 4.79 Å². The minimum absolute atomic E-state index is 0.0519. The van der Waals surface area contributed by atoms with Crippen LogP contribution in [0, 0.1) is 6.92 Å². The number of carbonyl (C=O) groups excluding carboxylic acids is 2. The molecule has 6 nitrogen and oxygen atoms in total. The summed E-state index contributed by atoms with van der Waals surface area (Å²) in [5.41, 5.74) is 6.22. The standard InChI is InChI=1S/C18H27N3O3/c1-14-7-2-3-9-16(14)24-12-6-10-17(22)21-11-5-4-8-15(21)13-20-18(19)23/h2-3,7,9,15H,4-6,8,10-13H2,1H3,(H3,19,20,23)/t15-/m1/s1. The number of likely N-dealkylation sites (tertiary alicyclic amines) is 1. The van der Waals surface area contributed by atoms with Crippen molar-refractivity contribution in [2.45, 2.75) is 45.1 Å². The predicted octanol–water partition coefficient (Wildman–Crippen LogP) is 2.20. The Balaban J connectivity index is 1.75. The molecule has 0 bridgehead atoms. The van der Waals surface area contributed by atoms with E-state index in [2.05, 4.69) is 5.32 Å². The Bertz CT molecular complexity index is 562. The third kappa shape index (κ3) is 5.44. The van der Waals surface area contributed by atoms with Gasteiger partial charge in [0.15, 0.2) is 0 Å². The number of amides is 3. The highest BCUT2D eigenvalue weighted by molar-refractivity contribution is 5.77. The highest BCUT2D eigenvalue weighted by atomic mass is 16.5. The number of hydrogen-bond acceptors (Lipinski definition) is 3. The summed E-state index contributed by atoms with van der Waals surface area (Å²) in [6.07, 6.45) is 4.13. The predicted molar refractivity (Wildman–Crippen MR) is 92.8 cm³/mol. The van der Waals surface area contributed by atoms with Crippen molar-refractivity contribution in [3.05, 3.63) is 29.8 Å². The molecule has 1 heterocycles. The molecule has 3 amide bonds. The Morgan fingerprint density at radius 3 is 2.88 bits per heavy atom. The molecule has 1 saturated heterocycles. The van der Waals surface area contributed by atoms with E-state index in [0.29, 0.717) is 26.0 Å². The van der Waals surface area contributed by atoms with Crippen LogP contribution in [0.25, 0.3) is 0 Å². The van der Waals surface area contributed by atoms with E-state index >= 15 is 0 Å². The Kier molecular flexibility index (Phi) is 6.90. The van der Waals surface area contributed by atoms with Crippen molar-refractivity contribution in [2.24, 2.45) is 5.73 Å². The SMILES string of the molecule is Cc1ccccc1OCCCC(=O)N1CCCC[C@@H]1CNC(N)=O. The molecule has 1 aliphatic heterocycles. The van der Waals surface area contributed by atoms with Crippen LogP contribution < -0.4 is 15.8 Å². The number of para-hydroxylation sites is 1. The van der Waals surface area contributed by atoms with Crippen LogP contribution in [0.1, 0.15) is 37.7 Å². The van der Waals surface area contributed by atoms with E-state index in [1.165, 1.54) is 0 Å². The van der Waals surface area contributed by atoms with Crippen LogP contribution in [0.3, 0.4) is 0 Å². The van der Waals surface area contributed by atoms with E-state index in [1.54, 1.807) is 0 Å². The number of rotatable bonds is 7. The van der Waals surface area contributed by atoms with Crippen LogP contribution in [0.5, 0.6) is 5.75 Å². The molecule has 0 unspecified atom stereocenters. The summed E-state index contributed by atoms with van der Waals surface area (Å²) in [5.74, 6) is 0.991. The summed E-state index contributed by atoms with van der Waals surface area (Å²) < 4.78 is 5.74. The van der Waals surface area contributed by atoms with Gasteiger partial charge in [0.25, 0.3) is 0 Å². The molecule has 0 spiro atoms. The fourth-order valence-corrected chi connectivity index (χ4v) is 3.03. The number of nitrogens with zero attached hydrogens (tertiary/aromatic N) is 1. The zero-order chi connectivity index (χ0) is 17.4. The maximum Gasteiger partial charge on any atom is 0.312 e. The number of hydrogen-bond donors (Lipinski definition) is 2. The fourth-order valence-electron chi connectivity index (χ4n) is 3.03. The summed E-state index contributed by atoms with van der Waals surface area (Å²) in [7, 11) is 0. The molecule has 0 radical (unpaired) electrons. The first-order valence-corrected chi connectivity index (χ1v) is 8.59. The van der Waals surface area contributed by atoms with Gasteiger partial charge in [0.05, 0.1) is 6.61 Å². The van der Waals surface area contributed by atoms with Crippen LogP contribution in [-0.4, -0.2) is 42.6 Å². The molecule has 24 heavy (non-hydrogen) atoms. The zero-order valence-electron chi connectivity index (χ0n) is 14.3. The summed E-state index contributed by atoms with van der Waals surface area (Å²) in [4.78, 5) is 25.2. The third-order valence-corrected chi connectivity index (χ3v) is 4.35. The summed E-state index contributed by atoms with van der Waals surface area (Å²) in [5, 5.41) is 2.62. The quantitative estimate of drug-likeness (QED) is 0.750. The molecular formula is C18H27N3O3. The van der Waals surface area contributed by atoms with Crippen LogP contribution in [0.2, 0.25) is 0 Å². The summed E-state index contributed by atoms with van der Waals surface area (Å²) >= 11 is 0. The second-order valence-electron chi connectivity index (χ2n) is 6.20. The van der Waals surface area contributed by atoms with Gasteiger partial charge in [0.2, 0.25) is 5.91 Å². The molecule has 0 aliphatic carbocycles. The first-order valence-electron chi connectivity index (χ1n) is 8.59. The van der Waals surface area contributed by atoms with E-state index in [-0.39, 0.29) is 11.9 Å². The number of urea groups is 1. The Morgan fingerprint density at radius 2 is 2.12 bits per heavy atom. The van der Waals surface area contributed by atoms with Gasteiger partial charge in [-0.1, -0.05) is 18.2 Å². The van der Waals surface area contributed by atoms with Crippen LogP contribution in [0.4, 0.5) is 4.79 Å². The van der Waals surface area contributed by atoms with Gasteiger partial charge in [0.1, 0.15) is 5.75 Å². The molecule has 0 saturated carbocycles. The minimum atomic E-state index is -0.542. The normalized spacial score (nSPS) is 17.4. The summed E-state index contributed by atoms with van der Waals surface area (Å²) in [6.45, 7) is 3.71. The van der Waals surface area contributed by atoms with Gasteiger partial charge in [-0.3, -0.25) is 4.79 Å². The largest absolute Gasteiger partial charge is 0.493 e. The topological polar surface area (TPSA) is 84.7 Å². The first-order chi connectivity index (χ1) is 11.6. The van der Waals surface area contributed by atoms with Crippen molar-refractivity contribution < 1.29 is 14.3 Å². The number of benzene rings is 1. The molecule has 6 heteroatoms. The fraction of sp³-hybridized carbons (Fsp3) is 0.556. The van der Waals surface area contributed by atoms with E-state index < -0.39 is 6.03 Å².